The first-order valence-electron chi connectivity index (χ1n) is 16.5. The first-order chi connectivity index (χ1) is 20.3. The van der Waals surface area contributed by atoms with Crippen LogP contribution >= 0.6 is 0 Å². The topological polar surface area (TPSA) is 90.7 Å². The molecule has 0 fully saturated rings. The van der Waals surface area contributed by atoms with E-state index >= 15 is 0 Å². The van der Waals surface area contributed by atoms with Crippen molar-refractivity contribution in [3.8, 4) is 11.5 Å². The van der Waals surface area contributed by atoms with Crippen molar-refractivity contribution in [2.75, 3.05) is 13.2 Å². The molecule has 1 atom stereocenters. The lowest BCUT2D eigenvalue weighted by Gasteiger charge is -2.31. The molecule has 3 N–H and O–H groups in total. The molecule has 0 bridgehead atoms. The third kappa shape index (κ3) is 9.25. The Morgan fingerprint density at radius 1 is 0.705 bits per heavy atom. The van der Waals surface area contributed by atoms with Gasteiger partial charge in [0.15, 0.2) is 12.7 Å². The Bertz CT molecular complexity index is 1280. The zero-order valence-electron chi connectivity index (χ0n) is 29.7. The summed E-state index contributed by atoms with van der Waals surface area (Å²) >= 11 is 0. The lowest BCUT2D eigenvalue weighted by atomic mass is 9.76. The highest BCUT2D eigenvalue weighted by Crippen LogP contribution is 2.40. The Labute approximate surface area is 267 Å². The molecule has 1 unspecified atom stereocenters. The molecule has 0 spiro atoms. The van der Waals surface area contributed by atoms with E-state index in [1.807, 2.05) is 12.1 Å². The molecule has 0 heterocycles. The van der Waals surface area contributed by atoms with Crippen LogP contribution in [0.5, 0.6) is 11.5 Å². The summed E-state index contributed by atoms with van der Waals surface area (Å²) in [6, 6.07) is 12.6. The minimum Gasteiger partial charge on any atom is -0.483 e. The molecule has 6 nitrogen and oxygen atoms in total. The smallest absolute Gasteiger partial charge is 0.258 e. The van der Waals surface area contributed by atoms with Crippen LogP contribution < -0.4 is 20.5 Å². The summed E-state index contributed by atoms with van der Waals surface area (Å²) in [6.45, 7) is 26.5. The number of rotatable bonds is 17. The predicted octanol–water partition coefficient (Wildman–Crippen LogP) is 8.26. The molecule has 246 valence electrons. The minimum atomic E-state index is -0.876. The van der Waals surface area contributed by atoms with Crippen molar-refractivity contribution < 1.29 is 19.1 Å². The number of nitrogens with one attached hydrogen (secondary N) is 1. The largest absolute Gasteiger partial charge is 0.483 e. The molecule has 2 rings (SSSR count). The van der Waals surface area contributed by atoms with Crippen LogP contribution in [-0.2, 0) is 31.2 Å². The van der Waals surface area contributed by atoms with Crippen LogP contribution in [0.4, 0.5) is 0 Å². The first-order valence-corrected chi connectivity index (χ1v) is 16.5. The van der Waals surface area contributed by atoms with Crippen LogP contribution in [0.3, 0.4) is 0 Å². The van der Waals surface area contributed by atoms with Gasteiger partial charge in [-0.1, -0.05) is 107 Å². The van der Waals surface area contributed by atoms with E-state index in [1.165, 1.54) is 11.1 Å². The molecule has 0 radical (unpaired) electrons. The van der Waals surface area contributed by atoms with Gasteiger partial charge in [0.1, 0.15) is 11.5 Å². The van der Waals surface area contributed by atoms with Gasteiger partial charge in [-0.2, -0.15) is 0 Å². The summed E-state index contributed by atoms with van der Waals surface area (Å²) in [5.74, 6) is 0.564. The van der Waals surface area contributed by atoms with E-state index in [0.717, 1.165) is 42.6 Å². The molecule has 2 aromatic rings. The number of amides is 2. The lowest BCUT2D eigenvalue weighted by molar-refractivity contribution is -0.126. The second-order valence-electron chi connectivity index (χ2n) is 14.8. The molecule has 0 aromatic heterocycles. The highest BCUT2D eigenvalue weighted by molar-refractivity contribution is 5.80. The first kappa shape index (κ1) is 37.2. The van der Waals surface area contributed by atoms with Crippen molar-refractivity contribution in [2.45, 2.75) is 143 Å². The van der Waals surface area contributed by atoms with Gasteiger partial charge in [-0.3, -0.25) is 9.59 Å². The third-order valence-electron chi connectivity index (χ3n) is 10.2. The van der Waals surface area contributed by atoms with Crippen molar-refractivity contribution >= 4 is 11.8 Å². The summed E-state index contributed by atoms with van der Waals surface area (Å²) in [7, 11) is 0. The molecule has 2 aromatic carbocycles. The second-order valence-corrected chi connectivity index (χ2v) is 14.8. The number of hydrogen-bond donors (Lipinski definition) is 2. The maximum atomic E-state index is 12.8. The van der Waals surface area contributed by atoms with Gasteiger partial charge in [0, 0.05) is 24.1 Å². The molecule has 0 saturated carbocycles. The van der Waals surface area contributed by atoms with Crippen molar-refractivity contribution in [2.24, 2.45) is 5.73 Å². The van der Waals surface area contributed by atoms with E-state index < -0.39 is 12.0 Å². The fourth-order valence-corrected chi connectivity index (χ4v) is 4.93. The fourth-order valence-electron chi connectivity index (χ4n) is 4.93. The van der Waals surface area contributed by atoms with Crippen LogP contribution in [0.25, 0.3) is 0 Å². The van der Waals surface area contributed by atoms with Crippen LogP contribution in [0.1, 0.15) is 137 Å². The normalized spacial score (nSPS) is 13.4. The highest BCUT2D eigenvalue weighted by Gasteiger charge is 2.29. The minimum absolute atomic E-state index is 0.0216. The van der Waals surface area contributed by atoms with Gasteiger partial charge in [0.25, 0.3) is 11.8 Å². The molecular weight excluding hydrogens is 548 g/mol. The van der Waals surface area contributed by atoms with Gasteiger partial charge >= 0.3 is 0 Å². The number of primary amides is 1. The summed E-state index contributed by atoms with van der Waals surface area (Å²) < 4.78 is 12.3. The predicted molar refractivity (Wildman–Crippen MR) is 183 cm³/mol. The number of ether oxygens (including phenoxy) is 2. The average molecular weight is 609 g/mol. The van der Waals surface area contributed by atoms with Gasteiger partial charge in [0.05, 0.1) is 0 Å². The molecule has 0 aliphatic heterocycles. The van der Waals surface area contributed by atoms with Crippen LogP contribution in [-0.4, -0.2) is 31.1 Å². The maximum absolute atomic E-state index is 12.8. The quantitative estimate of drug-likeness (QED) is 0.189. The number of benzene rings is 2. The van der Waals surface area contributed by atoms with Gasteiger partial charge < -0.3 is 20.5 Å². The van der Waals surface area contributed by atoms with Crippen molar-refractivity contribution in [3.63, 3.8) is 0 Å². The second kappa shape index (κ2) is 14.8. The monoisotopic (exact) mass is 608 g/mol. The maximum Gasteiger partial charge on any atom is 0.258 e. The van der Waals surface area contributed by atoms with Crippen LogP contribution in [0.15, 0.2) is 36.4 Å². The number of carbonyl (C=O) groups excluding carboxylic acids is 2. The van der Waals surface area contributed by atoms with Crippen LogP contribution in [0, 0.1) is 0 Å². The molecule has 0 aliphatic rings. The Morgan fingerprint density at radius 3 is 1.57 bits per heavy atom. The fraction of sp³-hybridized carbons (Fsp3) is 0.632. The lowest BCUT2D eigenvalue weighted by Crippen LogP contribution is -2.39. The molecule has 0 saturated heterocycles. The van der Waals surface area contributed by atoms with Crippen LogP contribution in [0.2, 0.25) is 0 Å². The standard InChI is InChI=1S/C38H60N2O4/c1-13-35(5,6)26-17-19-30(28(23-26)37(9,10)15-3)43-25-33(41)40-22-21-32(34(39)42)44-31-20-18-27(36(7,8)14-2)24-29(31)38(11,12)16-4/h17-20,23-24,32H,13-16,21-22,25H2,1-12H3,(H2,39,42)(H,40,41). The van der Waals surface area contributed by atoms with E-state index in [1.54, 1.807) is 0 Å². The van der Waals surface area contributed by atoms with Gasteiger partial charge in [0.2, 0.25) is 0 Å². The Balaban J connectivity index is 2.14. The van der Waals surface area contributed by atoms with E-state index in [2.05, 4.69) is 113 Å². The van der Waals surface area contributed by atoms with Crippen molar-refractivity contribution in [1.29, 1.82) is 0 Å². The van der Waals surface area contributed by atoms with E-state index in [4.69, 9.17) is 15.2 Å². The van der Waals surface area contributed by atoms with E-state index in [0.29, 0.717) is 5.75 Å². The van der Waals surface area contributed by atoms with Crippen molar-refractivity contribution in [3.05, 3.63) is 58.7 Å². The van der Waals surface area contributed by atoms with Gasteiger partial charge in [-0.25, -0.2) is 0 Å². The molecule has 0 aliphatic carbocycles. The zero-order valence-corrected chi connectivity index (χ0v) is 29.7. The molecule has 6 heteroatoms. The highest BCUT2D eigenvalue weighted by atomic mass is 16.5. The van der Waals surface area contributed by atoms with Crippen molar-refractivity contribution in [1.82, 2.24) is 5.32 Å². The molecule has 2 amide bonds. The molecular formula is C38H60N2O4. The summed E-state index contributed by atoms with van der Waals surface area (Å²) in [4.78, 5) is 25.3. The Morgan fingerprint density at radius 2 is 1.14 bits per heavy atom. The summed E-state index contributed by atoms with van der Waals surface area (Å²) in [5, 5.41) is 2.88. The SMILES string of the molecule is CCC(C)(C)c1ccc(OCC(=O)NCCC(Oc2ccc(C(C)(C)CC)cc2C(C)(C)CC)C(N)=O)c(C(C)(C)CC)c1. The average Bonchev–Trinajstić information content (AvgIpc) is 2.99. The number of carbonyl (C=O) groups is 2. The Hall–Kier alpha value is -3.02. The van der Waals surface area contributed by atoms with Gasteiger partial charge in [-0.05, 0) is 70.6 Å². The third-order valence-corrected chi connectivity index (χ3v) is 10.2. The number of nitrogens with two attached hydrogens (primary N) is 1. The van der Waals surface area contributed by atoms with E-state index in [9.17, 15) is 9.59 Å². The van der Waals surface area contributed by atoms with E-state index in [-0.39, 0.29) is 47.1 Å². The number of hydrogen-bond acceptors (Lipinski definition) is 4. The summed E-state index contributed by atoms with van der Waals surface area (Å²) in [5.41, 5.74) is 10.2. The Kier molecular flexibility index (Phi) is 12.5. The molecule has 44 heavy (non-hydrogen) atoms. The zero-order chi connectivity index (χ0) is 33.5. The summed E-state index contributed by atoms with van der Waals surface area (Å²) in [6.07, 6.45) is 3.26. The van der Waals surface area contributed by atoms with Gasteiger partial charge in [-0.15, -0.1) is 0 Å².